The lowest BCUT2D eigenvalue weighted by atomic mass is 10.1. The fourth-order valence-electron chi connectivity index (χ4n) is 2.17. The van der Waals surface area contributed by atoms with Gasteiger partial charge in [0.15, 0.2) is 0 Å². The monoisotopic (exact) mass is 343 g/mol. The van der Waals surface area contributed by atoms with E-state index in [1.165, 1.54) is 6.42 Å². The maximum atomic E-state index is 12.0. The Kier molecular flexibility index (Phi) is 5.73. The molecule has 2 rings (SSSR count). The standard InChI is InChI=1S/C14H18BrNO2S/c15-10-4-5-12(13(19)9-10)14(17)16-7-6-11-3-1-2-8-18-11/h4-5,9,11,19H,1-3,6-8H2,(H,16,17). The van der Waals surface area contributed by atoms with Crippen molar-refractivity contribution in [2.24, 2.45) is 0 Å². The molecule has 19 heavy (non-hydrogen) atoms. The van der Waals surface area contributed by atoms with E-state index < -0.39 is 0 Å². The van der Waals surface area contributed by atoms with Gasteiger partial charge in [0.2, 0.25) is 0 Å². The maximum Gasteiger partial charge on any atom is 0.252 e. The number of amides is 1. The summed E-state index contributed by atoms with van der Waals surface area (Å²) in [5.74, 6) is -0.0756. The minimum atomic E-state index is -0.0756. The van der Waals surface area contributed by atoms with E-state index in [1.807, 2.05) is 12.1 Å². The van der Waals surface area contributed by atoms with Gasteiger partial charge in [0.25, 0.3) is 5.91 Å². The van der Waals surface area contributed by atoms with Crippen LogP contribution >= 0.6 is 28.6 Å². The Hall–Kier alpha value is -0.520. The quantitative estimate of drug-likeness (QED) is 0.822. The van der Waals surface area contributed by atoms with Crippen molar-refractivity contribution < 1.29 is 9.53 Å². The molecule has 1 heterocycles. The lowest BCUT2D eigenvalue weighted by molar-refractivity contribution is 0.0117. The molecule has 0 bridgehead atoms. The molecule has 0 aromatic heterocycles. The Morgan fingerprint density at radius 3 is 3.00 bits per heavy atom. The number of halogens is 1. The summed E-state index contributed by atoms with van der Waals surface area (Å²) >= 11 is 7.67. The molecule has 1 aromatic rings. The number of ether oxygens (including phenoxy) is 1. The van der Waals surface area contributed by atoms with Crippen LogP contribution in [0.15, 0.2) is 27.6 Å². The SMILES string of the molecule is O=C(NCCC1CCCCO1)c1ccc(Br)cc1S. The summed E-state index contributed by atoms with van der Waals surface area (Å²) < 4.78 is 6.55. The van der Waals surface area contributed by atoms with Gasteiger partial charge in [0, 0.05) is 22.5 Å². The van der Waals surface area contributed by atoms with E-state index >= 15 is 0 Å². The van der Waals surface area contributed by atoms with Gasteiger partial charge in [-0.05, 0) is 43.9 Å². The molecule has 0 saturated carbocycles. The van der Waals surface area contributed by atoms with E-state index in [2.05, 4.69) is 33.9 Å². The average molecular weight is 344 g/mol. The van der Waals surface area contributed by atoms with Crippen LogP contribution < -0.4 is 5.32 Å². The topological polar surface area (TPSA) is 38.3 Å². The highest BCUT2D eigenvalue weighted by Crippen LogP contribution is 2.20. The van der Waals surface area contributed by atoms with Gasteiger partial charge in [0.05, 0.1) is 11.7 Å². The van der Waals surface area contributed by atoms with Crippen molar-refractivity contribution >= 4 is 34.5 Å². The van der Waals surface area contributed by atoms with Crippen LogP contribution in [0.25, 0.3) is 0 Å². The van der Waals surface area contributed by atoms with Crippen LogP contribution in [-0.2, 0) is 4.74 Å². The summed E-state index contributed by atoms with van der Waals surface area (Å²) in [5.41, 5.74) is 0.607. The van der Waals surface area contributed by atoms with Crippen molar-refractivity contribution in [1.82, 2.24) is 5.32 Å². The van der Waals surface area contributed by atoms with Gasteiger partial charge in [-0.25, -0.2) is 0 Å². The average Bonchev–Trinajstić information content (AvgIpc) is 2.39. The first-order valence-corrected chi connectivity index (χ1v) is 7.79. The summed E-state index contributed by atoms with van der Waals surface area (Å²) in [4.78, 5) is 12.7. The summed E-state index contributed by atoms with van der Waals surface area (Å²) in [6.45, 7) is 1.50. The van der Waals surface area contributed by atoms with Crippen molar-refractivity contribution in [1.29, 1.82) is 0 Å². The first kappa shape index (κ1) is 14.9. The van der Waals surface area contributed by atoms with Crippen molar-refractivity contribution in [3.63, 3.8) is 0 Å². The van der Waals surface area contributed by atoms with Crippen LogP contribution in [0.5, 0.6) is 0 Å². The van der Waals surface area contributed by atoms with E-state index in [-0.39, 0.29) is 5.91 Å². The Labute approximate surface area is 127 Å². The molecule has 104 valence electrons. The van der Waals surface area contributed by atoms with Crippen LogP contribution in [0, 0.1) is 0 Å². The predicted octanol–water partition coefficient (Wildman–Crippen LogP) is 3.43. The van der Waals surface area contributed by atoms with Crippen molar-refractivity contribution in [3.8, 4) is 0 Å². The van der Waals surface area contributed by atoms with Crippen LogP contribution in [0.3, 0.4) is 0 Å². The van der Waals surface area contributed by atoms with Crippen LogP contribution in [0.2, 0.25) is 0 Å². The smallest absolute Gasteiger partial charge is 0.252 e. The molecule has 1 aliphatic rings. The largest absolute Gasteiger partial charge is 0.378 e. The predicted molar refractivity (Wildman–Crippen MR) is 81.9 cm³/mol. The highest BCUT2D eigenvalue weighted by Gasteiger charge is 2.14. The van der Waals surface area contributed by atoms with Crippen LogP contribution in [0.1, 0.15) is 36.0 Å². The highest BCUT2D eigenvalue weighted by atomic mass is 79.9. The molecule has 1 saturated heterocycles. The van der Waals surface area contributed by atoms with E-state index in [0.29, 0.717) is 23.1 Å². The normalized spacial score (nSPS) is 19.2. The number of nitrogens with one attached hydrogen (secondary N) is 1. The van der Waals surface area contributed by atoms with Crippen molar-refractivity contribution in [3.05, 3.63) is 28.2 Å². The number of hydrogen-bond donors (Lipinski definition) is 2. The number of carbonyl (C=O) groups is 1. The van der Waals surface area contributed by atoms with Crippen molar-refractivity contribution in [2.75, 3.05) is 13.2 Å². The van der Waals surface area contributed by atoms with Gasteiger partial charge in [-0.3, -0.25) is 4.79 Å². The Bertz CT molecular complexity index is 447. The Balaban J connectivity index is 1.80. The van der Waals surface area contributed by atoms with Gasteiger partial charge in [-0.15, -0.1) is 12.6 Å². The fourth-order valence-corrected chi connectivity index (χ4v) is 3.03. The molecule has 3 nitrogen and oxygen atoms in total. The van der Waals surface area contributed by atoms with E-state index in [9.17, 15) is 4.79 Å². The first-order chi connectivity index (χ1) is 9.16. The Morgan fingerprint density at radius 1 is 1.47 bits per heavy atom. The molecule has 1 fully saturated rings. The molecule has 1 atom stereocenters. The molecule has 0 radical (unpaired) electrons. The molecular formula is C14H18BrNO2S. The van der Waals surface area contributed by atoms with Gasteiger partial charge in [-0.1, -0.05) is 15.9 Å². The Morgan fingerprint density at radius 2 is 2.32 bits per heavy atom. The molecule has 1 aromatic carbocycles. The first-order valence-electron chi connectivity index (χ1n) is 6.55. The van der Waals surface area contributed by atoms with Gasteiger partial charge >= 0.3 is 0 Å². The summed E-state index contributed by atoms with van der Waals surface area (Å²) in [5, 5.41) is 2.92. The second kappa shape index (κ2) is 7.31. The summed E-state index contributed by atoms with van der Waals surface area (Å²) in [6, 6.07) is 5.44. The summed E-state index contributed by atoms with van der Waals surface area (Å²) in [6.07, 6.45) is 4.67. The molecule has 0 aliphatic carbocycles. The van der Waals surface area contributed by atoms with Gasteiger partial charge in [0.1, 0.15) is 0 Å². The molecule has 1 amide bonds. The molecule has 1 N–H and O–H groups in total. The zero-order valence-corrected chi connectivity index (χ0v) is 13.2. The number of thiol groups is 1. The number of carbonyl (C=O) groups excluding carboxylic acids is 1. The lowest BCUT2D eigenvalue weighted by Gasteiger charge is -2.22. The zero-order valence-electron chi connectivity index (χ0n) is 10.7. The third-order valence-corrected chi connectivity index (χ3v) is 4.09. The molecule has 1 unspecified atom stereocenters. The second-order valence-electron chi connectivity index (χ2n) is 4.69. The van der Waals surface area contributed by atoms with Gasteiger partial charge < -0.3 is 10.1 Å². The number of benzene rings is 1. The molecule has 5 heteroatoms. The molecule has 1 aliphatic heterocycles. The number of rotatable bonds is 4. The third-order valence-electron chi connectivity index (χ3n) is 3.23. The maximum absolute atomic E-state index is 12.0. The van der Waals surface area contributed by atoms with Gasteiger partial charge in [-0.2, -0.15) is 0 Å². The van der Waals surface area contributed by atoms with E-state index in [0.717, 1.165) is 30.3 Å². The van der Waals surface area contributed by atoms with Crippen LogP contribution in [0.4, 0.5) is 0 Å². The molecule has 0 spiro atoms. The fraction of sp³-hybridized carbons (Fsp3) is 0.500. The van der Waals surface area contributed by atoms with E-state index in [1.54, 1.807) is 6.07 Å². The highest BCUT2D eigenvalue weighted by molar-refractivity contribution is 9.10. The second-order valence-corrected chi connectivity index (χ2v) is 6.09. The van der Waals surface area contributed by atoms with Crippen molar-refractivity contribution in [2.45, 2.75) is 36.7 Å². The van der Waals surface area contributed by atoms with Crippen LogP contribution in [-0.4, -0.2) is 25.2 Å². The summed E-state index contributed by atoms with van der Waals surface area (Å²) in [7, 11) is 0. The van der Waals surface area contributed by atoms with E-state index in [4.69, 9.17) is 4.74 Å². The zero-order chi connectivity index (χ0) is 13.7. The minimum Gasteiger partial charge on any atom is -0.378 e. The minimum absolute atomic E-state index is 0.0756. The number of hydrogen-bond acceptors (Lipinski definition) is 3. The lowest BCUT2D eigenvalue weighted by Crippen LogP contribution is -2.29. The third kappa shape index (κ3) is 4.51. The molecular weight excluding hydrogens is 326 g/mol.